The number of nitrogens with zero attached hydrogens (tertiary/aromatic N) is 1. The summed E-state index contributed by atoms with van der Waals surface area (Å²) >= 11 is 0. The molecule has 0 atom stereocenters. The first-order chi connectivity index (χ1) is 13.4. The zero-order chi connectivity index (χ0) is 20.3. The number of aromatic amines is 1. The maximum atomic E-state index is 13.8. The first-order valence-electron chi connectivity index (χ1n) is 8.57. The standard InChI is InChI=1S/C21H19FN2O4/c1-12-4-5-14(7-17-6-13(2)20(25)24-23-17)8-19(12)28-18-10-15(21(26)27-3)9-16(22)11-18/h4-6,8-11H,7H2,1-3H3,(H,24,25). The fraction of sp³-hybridized carbons (Fsp3) is 0.190. The van der Waals surface area contributed by atoms with Gasteiger partial charge in [0.1, 0.15) is 17.3 Å². The van der Waals surface area contributed by atoms with Crippen LogP contribution < -0.4 is 10.3 Å². The van der Waals surface area contributed by atoms with Crippen LogP contribution in [0.15, 0.2) is 47.3 Å². The molecule has 0 amide bonds. The molecule has 3 aromatic rings. The molecular formula is C21H19FN2O4. The van der Waals surface area contributed by atoms with Gasteiger partial charge in [0.25, 0.3) is 5.56 Å². The van der Waals surface area contributed by atoms with Crippen LogP contribution >= 0.6 is 0 Å². The van der Waals surface area contributed by atoms with E-state index in [-0.39, 0.29) is 16.9 Å². The predicted molar refractivity (Wildman–Crippen MR) is 101 cm³/mol. The Hall–Kier alpha value is -3.48. The van der Waals surface area contributed by atoms with Crippen LogP contribution in [0.25, 0.3) is 0 Å². The molecule has 0 radical (unpaired) electrons. The van der Waals surface area contributed by atoms with Crippen molar-refractivity contribution in [3.05, 3.63) is 86.6 Å². The Kier molecular flexibility index (Phi) is 5.54. The molecule has 0 aliphatic heterocycles. The van der Waals surface area contributed by atoms with Crippen LogP contribution in [0.4, 0.5) is 4.39 Å². The third-order valence-corrected chi connectivity index (χ3v) is 4.20. The van der Waals surface area contributed by atoms with E-state index in [2.05, 4.69) is 14.9 Å². The maximum absolute atomic E-state index is 13.8. The summed E-state index contributed by atoms with van der Waals surface area (Å²) in [7, 11) is 1.23. The molecule has 1 aromatic heterocycles. The molecule has 0 saturated carbocycles. The summed E-state index contributed by atoms with van der Waals surface area (Å²) in [6, 6.07) is 11.1. The van der Waals surface area contributed by atoms with Crippen molar-refractivity contribution >= 4 is 5.97 Å². The number of aromatic nitrogens is 2. The van der Waals surface area contributed by atoms with Gasteiger partial charge in [-0.2, -0.15) is 5.10 Å². The van der Waals surface area contributed by atoms with E-state index in [4.69, 9.17) is 4.74 Å². The number of ether oxygens (including phenoxy) is 2. The Labute approximate surface area is 160 Å². The highest BCUT2D eigenvalue weighted by molar-refractivity contribution is 5.89. The van der Waals surface area contributed by atoms with Crippen LogP contribution in [0.5, 0.6) is 11.5 Å². The van der Waals surface area contributed by atoms with E-state index in [1.54, 1.807) is 13.0 Å². The lowest BCUT2D eigenvalue weighted by molar-refractivity contribution is 0.0600. The zero-order valence-corrected chi connectivity index (χ0v) is 15.7. The summed E-state index contributed by atoms with van der Waals surface area (Å²) in [6.45, 7) is 3.58. The summed E-state index contributed by atoms with van der Waals surface area (Å²) in [5, 5.41) is 6.50. The quantitative estimate of drug-likeness (QED) is 0.681. The number of benzene rings is 2. The number of methoxy groups -OCH3 is 1. The Balaban J connectivity index is 1.88. The molecule has 0 spiro atoms. The molecule has 0 fully saturated rings. The number of esters is 1. The lowest BCUT2D eigenvalue weighted by Gasteiger charge is -2.12. The highest BCUT2D eigenvalue weighted by atomic mass is 19.1. The van der Waals surface area contributed by atoms with Gasteiger partial charge in [0, 0.05) is 18.1 Å². The Morgan fingerprint density at radius 2 is 1.89 bits per heavy atom. The third kappa shape index (κ3) is 4.43. The molecule has 0 aliphatic rings. The summed E-state index contributed by atoms with van der Waals surface area (Å²) in [5.74, 6) is -0.521. The largest absolute Gasteiger partial charge is 0.465 e. The van der Waals surface area contributed by atoms with Crippen LogP contribution in [-0.2, 0) is 11.2 Å². The van der Waals surface area contributed by atoms with Gasteiger partial charge in [0.15, 0.2) is 0 Å². The maximum Gasteiger partial charge on any atom is 0.338 e. The molecule has 1 heterocycles. The minimum atomic E-state index is -0.644. The molecule has 0 bridgehead atoms. The van der Waals surface area contributed by atoms with Crippen LogP contribution in [0.1, 0.15) is 32.7 Å². The average Bonchev–Trinajstić information content (AvgIpc) is 2.66. The second kappa shape index (κ2) is 8.04. The molecule has 28 heavy (non-hydrogen) atoms. The third-order valence-electron chi connectivity index (χ3n) is 4.20. The van der Waals surface area contributed by atoms with Crippen molar-refractivity contribution in [3.8, 4) is 11.5 Å². The number of hydrogen-bond acceptors (Lipinski definition) is 5. The van der Waals surface area contributed by atoms with Crippen molar-refractivity contribution in [1.82, 2.24) is 10.2 Å². The summed E-state index contributed by atoms with van der Waals surface area (Å²) < 4.78 is 24.3. The Morgan fingerprint density at radius 1 is 1.11 bits per heavy atom. The number of rotatable bonds is 5. The van der Waals surface area contributed by atoms with E-state index in [0.29, 0.717) is 23.4 Å². The fourth-order valence-electron chi connectivity index (χ4n) is 2.71. The number of halogens is 1. The molecule has 6 nitrogen and oxygen atoms in total. The van der Waals surface area contributed by atoms with E-state index < -0.39 is 11.8 Å². The summed E-state index contributed by atoms with van der Waals surface area (Å²) in [4.78, 5) is 23.1. The number of carbonyl (C=O) groups is 1. The van der Waals surface area contributed by atoms with Gasteiger partial charge in [0.05, 0.1) is 18.4 Å². The Bertz CT molecular complexity index is 1090. The van der Waals surface area contributed by atoms with Crippen molar-refractivity contribution < 1.29 is 18.7 Å². The van der Waals surface area contributed by atoms with Crippen molar-refractivity contribution in [1.29, 1.82) is 0 Å². The zero-order valence-electron chi connectivity index (χ0n) is 15.7. The topological polar surface area (TPSA) is 81.3 Å². The van der Waals surface area contributed by atoms with E-state index in [1.807, 2.05) is 25.1 Å². The number of hydrogen-bond donors (Lipinski definition) is 1. The van der Waals surface area contributed by atoms with Gasteiger partial charge in [-0.1, -0.05) is 12.1 Å². The molecule has 7 heteroatoms. The Morgan fingerprint density at radius 3 is 2.61 bits per heavy atom. The molecule has 0 saturated heterocycles. The average molecular weight is 382 g/mol. The van der Waals surface area contributed by atoms with Gasteiger partial charge in [-0.3, -0.25) is 4.79 Å². The van der Waals surface area contributed by atoms with Crippen molar-refractivity contribution in [3.63, 3.8) is 0 Å². The smallest absolute Gasteiger partial charge is 0.338 e. The number of nitrogens with one attached hydrogen (secondary N) is 1. The first-order valence-corrected chi connectivity index (χ1v) is 8.57. The number of carbonyl (C=O) groups excluding carboxylic acids is 1. The van der Waals surface area contributed by atoms with Crippen LogP contribution in [0.3, 0.4) is 0 Å². The summed E-state index contributed by atoms with van der Waals surface area (Å²) in [6.07, 6.45) is 0.491. The van der Waals surface area contributed by atoms with Crippen molar-refractivity contribution in [2.45, 2.75) is 20.3 Å². The molecule has 144 valence electrons. The molecule has 2 aromatic carbocycles. The minimum Gasteiger partial charge on any atom is -0.465 e. The van der Waals surface area contributed by atoms with E-state index in [0.717, 1.165) is 17.2 Å². The second-order valence-corrected chi connectivity index (χ2v) is 6.42. The second-order valence-electron chi connectivity index (χ2n) is 6.42. The van der Waals surface area contributed by atoms with Gasteiger partial charge < -0.3 is 9.47 Å². The number of aryl methyl sites for hydroxylation is 2. The molecule has 0 unspecified atom stereocenters. The van der Waals surface area contributed by atoms with Gasteiger partial charge in [-0.25, -0.2) is 14.3 Å². The molecule has 3 rings (SSSR count). The molecule has 0 aliphatic carbocycles. The van der Waals surface area contributed by atoms with Crippen molar-refractivity contribution in [2.24, 2.45) is 0 Å². The fourth-order valence-corrected chi connectivity index (χ4v) is 2.71. The lowest BCUT2D eigenvalue weighted by atomic mass is 10.1. The van der Waals surface area contributed by atoms with E-state index >= 15 is 0 Å². The predicted octanol–water partition coefficient (Wildman–Crippen LogP) is 3.70. The molecule has 1 N–H and O–H groups in total. The summed E-state index contributed by atoms with van der Waals surface area (Å²) in [5.41, 5.74) is 2.90. The van der Waals surface area contributed by atoms with Gasteiger partial charge in [-0.15, -0.1) is 0 Å². The normalized spacial score (nSPS) is 10.6. The SMILES string of the molecule is COC(=O)c1cc(F)cc(Oc2cc(Cc3cc(C)c(=O)[nH]n3)ccc2C)c1. The highest BCUT2D eigenvalue weighted by Crippen LogP contribution is 2.28. The van der Waals surface area contributed by atoms with Crippen LogP contribution in [0, 0.1) is 19.7 Å². The minimum absolute atomic E-state index is 0.0687. The first kappa shape index (κ1) is 19.3. The van der Waals surface area contributed by atoms with Gasteiger partial charge in [-0.05, 0) is 49.2 Å². The number of H-pyrrole nitrogens is 1. The highest BCUT2D eigenvalue weighted by Gasteiger charge is 2.12. The monoisotopic (exact) mass is 382 g/mol. The van der Waals surface area contributed by atoms with Crippen LogP contribution in [0.2, 0.25) is 0 Å². The van der Waals surface area contributed by atoms with Gasteiger partial charge >= 0.3 is 5.97 Å². The lowest BCUT2D eigenvalue weighted by Crippen LogP contribution is -2.12. The van der Waals surface area contributed by atoms with Crippen LogP contribution in [-0.4, -0.2) is 23.3 Å². The van der Waals surface area contributed by atoms with E-state index in [9.17, 15) is 14.0 Å². The van der Waals surface area contributed by atoms with E-state index in [1.165, 1.54) is 19.2 Å². The molecular weight excluding hydrogens is 363 g/mol. The van der Waals surface area contributed by atoms with Gasteiger partial charge in [0.2, 0.25) is 0 Å². The van der Waals surface area contributed by atoms with Crippen molar-refractivity contribution in [2.75, 3.05) is 7.11 Å².